The lowest BCUT2D eigenvalue weighted by Crippen LogP contribution is -2.25. The summed E-state index contributed by atoms with van der Waals surface area (Å²) in [7, 11) is 0. The van der Waals surface area contributed by atoms with Crippen molar-refractivity contribution in [2.24, 2.45) is 11.3 Å². The number of nitro groups is 1. The number of nitro benzene ring substituents is 1. The molecule has 4 heteroatoms. The predicted molar refractivity (Wildman–Crippen MR) is 73.9 cm³/mol. The first kappa shape index (κ1) is 12.6. The van der Waals surface area contributed by atoms with Crippen molar-refractivity contribution < 1.29 is 4.92 Å². The van der Waals surface area contributed by atoms with E-state index in [9.17, 15) is 10.1 Å². The lowest BCUT2D eigenvalue weighted by molar-refractivity contribution is -0.385. The molecule has 0 heterocycles. The minimum atomic E-state index is -0.300. The highest BCUT2D eigenvalue weighted by Gasteiger charge is 2.53. The van der Waals surface area contributed by atoms with Crippen LogP contribution in [-0.2, 0) is 6.54 Å². The minimum absolute atomic E-state index is 0.225. The van der Waals surface area contributed by atoms with Gasteiger partial charge in [-0.05, 0) is 49.5 Å². The van der Waals surface area contributed by atoms with E-state index in [2.05, 4.69) is 5.32 Å². The predicted octanol–water partition coefficient (Wildman–Crippen LogP) is 3.18. The zero-order valence-electron chi connectivity index (χ0n) is 11.3. The first-order chi connectivity index (χ1) is 9.11. The van der Waals surface area contributed by atoms with Gasteiger partial charge in [0.15, 0.2) is 0 Å². The summed E-state index contributed by atoms with van der Waals surface area (Å²) >= 11 is 0. The Bertz CT molecular complexity index is 505. The maximum Gasteiger partial charge on any atom is 0.272 e. The highest BCUT2D eigenvalue weighted by atomic mass is 16.6. The molecule has 4 nitrogen and oxygen atoms in total. The van der Waals surface area contributed by atoms with Crippen LogP contribution in [0.2, 0.25) is 0 Å². The van der Waals surface area contributed by atoms with Crippen molar-refractivity contribution in [3.05, 3.63) is 39.4 Å². The van der Waals surface area contributed by atoms with Crippen LogP contribution in [0.1, 0.15) is 36.8 Å². The van der Waals surface area contributed by atoms with Gasteiger partial charge in [-0.15, -0.1) is 0 Å². The first-order valence-corrected chi connectivity index (χ1v) is 7.05. The van der Waals surface area contributed by atoms with E-state index in [4.69, 9.17) is 0 Å². The molecule has 0 spiro atoms. The van der Waals surface area contributed by atoms with Crippen LogP contribution in [0.15, 0.2) is 18.2 Å². The fraction of sp³-hybridized carbons (Fsp3) is 0.600. The second-order valence-corrected chi connectivity index (χ2v) is 6.12. The summed E-state index contributed by atoms with van der Waals surface area (Å²) in [6.45, 7) is 3.58. The van der Waals surface area contributed by atoms with Crippen molar-refractivity contribution in [2.45, 2.75) is 39.2 Å². The van der Waals surface area contributed by atoms with E-state index in [1.54, 1.807) is 13.0 Å². The van der Waals surface area contributed by atoms with Crippen molar-refractivity contribution in [3.8, 4) is 0 Å². The molecule has 1 aromatic rings. The van der Waals surface area contributed by atoms with Crippen LogP contribution in [0.25, 0.3) is 0 Å². The van der Waals surface area contributed by atoms with Gasteiger partial charge in [-0.2, -0.15) is 0 Å². The van der Waals surface area contributed by atoms with Gasteiger partial charge in [0.1, 0.15) is 0 Å². The summed E-state index contributed by atoms with van der Waals surface area (Å²) in [5.74, 6) is 0.951. The number of hydrogen-bond donors (Lipinski definition) is 1. The summed E-state index contributed by atoms with van der Waals surface area (Å²) < 4.78 is 0. The molecule has 2 aliphatic carbocycles. The van der Waals surface area contributed by atoms with Crippen LogP contribution < -0.4 is 5.32 Å². The number of nitrogens with zero attached hydrogens (tertiary/aromatic N) is 1. The van der Waals surface area contributed by atoms with Gasteiger partial charge < -0.3 is 5.32 Å². The quantitative estimate of drug-likeness (QED) is 0.631. The average Bonchev–Trinajstić information content (AvgIpc) is 3.24. The number of nitrogens with one attached hydrogen (secondary N) is 1. The summed E-state index contributed by atoms with van der Waals surface area (Å²) in [4.78, 5) is 10.6. The zero-order chi connectivity index (χ0) is 13.5. The Morgan fingerprint density at radius 3 is 2.74 bits per heavy atom. The van der Waals surface area contributed by atoms with Crippen molar-refractivity contribution >= 4 is 5.69 Å². The van der Waals surface area contributed by atoms with Crippen LogP contribution in [-0.4, -0.2) is 11.5 Å². The van der Waals surface area contributed by atoms with Gasteiger partial charge in [0, 0.05) is 24.7 Å². The second kappa shape index (κ2) is 4.60. The van der Waals surface area contributed by atoms with E-state index in [0.29, 0.717) is 5.41 Å². The molecule has 0 aromatic heterocycles. The van der Waals surface area contributed by atoms with Gasteiger partial charge in [0.25, 0.3) is 5.69 Å². The van der Waals surface area contributed by atoms with Crippen LogP contribution >= 0.6 is 0 Å². The number of aryl methyl sites for hydroxylation is 1. The van der Waals surface area contributed by atoms with Crippen molar-refractivity contribution in [1.29, 1.82) is 0 Å². The van der Waals surface area contributed by atoms with Crippen LogP contribution in [0.3, 0.4) is 0 Å². The third-order valence-corrected chi connectivity index (χ3v) is 4.61. The maximum atomic E-state index is 10.9. The van der Waals surface area contributed by atoms with Crippen molar-refractivity contribution in [2.75, 3.05) is 6.54 Å². The molecule has 0 saturated heterocycles. The molecule has 0 amide bonds. The molecule has 3 rings (SSSR count). The van der Waals surface area contributed by atoms with Crippen molar-refractivity contribution in [3.63, 3.8) is 0 Å². The Hall–Kier alpha value is -1.42. The summed E-state index contributed by atoms with van der Waals surface area (Å²) in [5.41, 5.74) is 2.54. The molecule has 0 bridgehead atoms. The standard InChI is InChI=1S/C15H20N2O2/c1-11-2-3-12(8-14(11)17(18)19)9-16-10-15(6-7-15)13-4-5-13/h2-3,8,13,16H,4-7,9-10H2,1H3. The van der Waals surface area contributed by atoms with Gasteiger partial charge in [0.05, 0.1) is 4.92 Å². The highest BCUT2D eigenvalue weighted by molar-refractivity contribution is 5.42. The van der Waals surface area contributed by atoms with Crippen molar-refractivity contribution in [1.82, 2.24) is 5.32 Å². The molecular weight excluding hydrogens is 240 g/mol. The maximum absolute atomic E-state index is 10.9. The largest absolute Gasteiger partial charge is 0.312 e. The molecule has 2 aliphatic rings. The van der Waals surface area contributed by atoms with Crippen LogP contribution in [0, 0.1) is 28.4 Å². The molecule has 0 atom stereocenters. The summed E-state index contributed by atoms with van der Waals surface area (Å²) in [6.07, 6.45) is 5.52. The highest BCUT2D eigenvalue weighted by Crippen LogP contribution is 2.60. The lowest BCUT2D eigenvalue weighted by Gasteiger charge is -2.15. The lowest BCUT2D eigenvalue weighted by atomic mass is 10.0. The van der Waals surface area contributed by atoms with Gasteiger partial charge >= 0.3 is 0 Å². The third-order valence-electron chi connectivity index (χ3n) is 4.61. The Morgan fingerprint density at radius 1 is 1.42 bits per heavy atom. The molecule has 102 valence electrons. The average molecular weight is 260 g/mol. The Balaban J connectivity index is 1.58. The van der Waals surface area contributed by atoms with Crippen LogP contribution in [0.5, 0.6) is 0 Å². The Labute approximate surface area is 113 Å². The number of benzene rings is 1. The minimum Gasteiger partial charge on any atom is -0.312 e. The molecule has 0 unspecified atom stereocenters. The number of hydrogen-bond acceptors (Lipinski definition) is 3. The SMILES string of the molecule is Cc1ccc(CNCC2(C3CC3)CC2)cc1[N+](=O)[O-]. The van der Waals surface area contributed by atoms with E-state index in [0.717, 1.165) is 30.1 Å². The first-order valence-electron chi connectivity index (χ1n) is 7.05. The molecule has 2 fully saturated rings. The summed E-state index contributed by atoms with van der Waals surface area (Å²) in [6, 6.07) is 5.51. The third kappa shape index (κ3) is 2.63. The molecule has 0 aliphatic heterocycles. The zero-order valence-corrected chi connectivity index (χ0v) is 11.3. The normalized spacial score (nSPS) is 20.3. The van der Waals surface area contributed by atoms with Gasteiger partial charge in [-0.25, -0.2) is 0 Å². The fourth-order valence-electron chi connectivity index (χ4n) is 3.00. The van der Waals surface area contributed by atoms with E-state index in [1.807, 2.05) is 12.1 Å². The van der Waals surface area contributed by atoms with Gasteiger partial charge in [0.2, 0.25) is 0 Å². The topological polar surface area (TPSA) is 55.2 Å². The fourth-order valence-corrected chi connectivity index (χ4v) is 3.00. The summed E-state index contributed by atoms with van der Waals surface area (Å²) in [5, 5.41) is 14.4. The van der Waals surface area contributed by atoms with Gasteiger partial charge in [-0.1, -0.05) is 12.1 Å². The molecule has 1 N–H and O–H groups in total. The second-order valence-electron chi connectivity index (χ2n) is 6.12. The van der Waals surface area contributed by atoms with Crippen LogP contribution in [0.4, 0.5) is 5.69 Å². The number of rotatable bonds is 6. The molecular formula is C15H20N2O2. The Morgan fingerprint density at radius 2 is 2.16 bits per heavy atom. The molecule has 1 aromatic carbocycles. The van der Waals surface area contributed by atoms with E-state index >= 15 is 0 Å². The smallest absolute Gasteiger partial charge is 0.272 e. The molecule has 0 radical (unpaired) electrons. The van der Waals surface area contributed by atoms with E-state index < -0.39 is 0 Å². The van der Waals surface area contributed by atoms with E-state index in [1.165, 1.54) is 25.7 Å². The van der Waals surface area contributed by atoms with E-state index in [-0.39, 0.29) is 10.6 Å². The molecule has 2 saturated carbocycles. The Kier molecular flexibility index (Phi) is 3.05. The monoisotopic (exact) mass is 260 g/mol. The van der Waals surface area contributed by atoms with Gasteiger partial charge in [-0.3, -0.25) is 10.1 Å². The molecule has 19 heavy (non-hydrogen) atoms.